The minimum Gasteiger partial charge on any atom is -0.493 e. The van der Waals surface area contributed by atoms with Gasteiger partial charge in [-0.25, -0.2) is 4.79 Å². The zero-order valence-electron chi connectivity index (χ0n) is 29.1. The second-order valence-corrected chi connectivity index (χ2v) is 14.5. The number of rotatable bonds is 16. The third kappa shape index (κ3) is 10.6. The van der Waals surface area contributed by atoms with Crippen molar-refractivity contribution < 1.29 is 28.5 Å². The number of ether oxygens (including phenoxy) is 4. The van der Waals surface area contributed by atoms with Crippen LogP contribution in [0.25, 0.3) is 0 Å². The summed E-state index contributed by atoms with van der Waals surface area (Å²) in [6, 6.07) is 16.5. The maximum Gasteiger partial charge on any atom is 0.410 e. The van der Waals surface area contributed by atoms with Crippen molar-refractivity contribution in [3.63, 3.8) is 0 Å². The molecule has 2 aromatic carbocycles. The second kappa shape index (κ2) is 16.5. The molecule has 46 heavy (non-hydrogen) atoms. The Kier molecular flexibility index (Phi) is 12.8. The van der Waals surface area contributed by atoms with Gasteiger partial charge in [-0.3, -0.25) is 4.79 Å². The largest absolute Gasteiger partial charge is 0.493 e. The second-order valence-electron chi connectivity index (χ2n) is 14.5. The summed E-state index contributed by atoms with van der Waals surface area (Å²) in [6.07, 6.45) is 4.91. The van der Waals surface area contributed by atoms with E-state index in [0.29, 0.717) is 57.1 Å². The Labute approximate surface area is 276 Å². The Balaban J connectivity index is 1.51. The fraction of sp³-hybridized carbons (Fsp3) is 0.632. The van der Waals surface area contributed by atoms with Crippen LogP contribution in [0.2, 0.25) is 0 Å². The van der Waals surface area contributed by atoms with E-state index >= 15 is 0 Å². The van der Waals surface area contributed by atoms with Gasteiger partial charge in [0.15, 0.2) is 11.5 Å². The monoisotopic (exact) mass is 636 g/mol. The van der Waals surface area contributed by atoms with Crippen LogP contribution in [-0.4, -0.2) is 80.5 Å². The third-order valence-electron chi connectivity index (χ3n) is 9.19. The summed E-state index contributed by atoms with van der Waals surface area (Å²) < 4.78 is 22.6. The van der Waals surface area contributed by atoms with Crippen molar-refractivity contribution in [2.24, 2.45) is 23.7 Å². The molecule has 254 valence electrons. The van der Waals surface area contributed by atoms with E-state index in [9.17, 15) is 9.59 Å². The molecule has 0 N–H and O–H groups in total. The molecule has 3 atom stereocenters. The van der Waals surface area contributed by atoms with Gasteiger partial charge in [0.25, 0.3) is 0 Å². The minimum absolute atomic E-state index is 0.180. The summed E-state index contributed by atoms with van der Waals surface area (Å²) in [5.74, 6) is 2.92. The lowest BCUT2D eigenvalue weighted by atomic mass is 9.78. The molecule has 1 aliphatic carbocycles. The Morgan fingerprint density at radius 1 is 0.935 bits per heavy atom. The van der Waals surface area contributed by atoms with Gasteiger partial charge in [0.05, 0.1) is 20.1 Å². The molecule has 8 nitrogen and oxygen atoms in total. The average molecular weight is 637 g/mol. The van der Waals surface area contributed by atoms with Crippen LogP contribution in [0.4, 0.5) is 4.79 Å². The van der Waals surface area contributed by atoms with E-state index in [4.69, 9.17) is 18.9 Å². The van der Waals surface area contributed by atoms with E-state index in [-0.39, 0.29) is 23.8 Å². The molecule has 4 rings (SSSR count). The molecule has 1 saturated heterocycles. The van der Waals surface area contributed by atoms with Gasteiger partial charge in [-0.05, 0) is 93.4 Å². The number of methoxy groups -OCH3 is 2. The molecular weight excluding hydrogens is 580 g/mol. The maximum atomic E-state index is 13.7. The van der Waals surface area contributed by atoms with Gasteiger partial charge < -0.3 is 28.7 Å². The van der Waals surface area contributed by atoms with Gasteiger partial charge in [-0.15, -0.1) is 0 Å². The van der Waals surface area contributed by atoms with E-state index in [2.05, 4.69) is 30.9 Å². The molecule has 8 heteroatoms. The quantitative estimate of drug-likeness (QED) is 0.184. The predicted molar refractivity (Wildman–Crippen MR) is 181 cm³/mol. The Morgan fingerprint density at radius 3 is 2.28 bits per heavy atom. The fourth-order valence-corrected chi connectivity index (χ4v) is 6.48. The molecular formula is C38H56N2O6. The number of hydrogen-bond donors (Lipinski definition) is 0. The molecule has 1 heterocycles. The van der Waals surface area contributed by atoms with Crippen LogP contribution in [0.1, 0.15) is 71.4 Å². The Hall–Kier alpha value is -3.26. The van der Waals surface area contributed by atoms with Crippen LogP contribution in [-0.2, 0) is 27.1 Å². The van der Waals surface area contributed by atoms with E-state index in [1.165, 1.54) is 5.56 Å². The Bertz CT molecular complexity index is 1260. The SMILES string of the molecule is COCCCOc1cc(C[C@@H](C[C@H]2CN(C(=O)OC(C)(C)C)C[C@@H]2CN(C(=O)Cc2ccccc2)C2CC2)C(C)C)ccc1OC. The van der Waals surface area contributed by atoms with E-state index < -0.39 is 5.60 Å². The van der Waals surface area contributed by atoms with Crippen molar-refractivity contribution in [1.82, 2.24) is 9.80 Å². The van der Waals surface area contributed by atoms with Crippen LogP contribution in [0, 0.1) is 23.7 Å². The normalized spacial score (nSPS) is 18.8. The highest BCUT2D eigenvalue weighted by Crippen LogP contribution is 2.38. The van der Waals surface area contributed by atoms with Crippen molar-refractivity contribution >= 4 is 12.0 Å². The summed E-state index contributed by atoms with van der Waals surface area (Å²) in [6.45, 7) is 13.4. The molecule has 0 bridgehead atoms. The zero-order chi connectivity index (χ0) is 33.3. The summed E-state index contributed by atoms with van der Waals surface area (Å²) in [7, 11) is 3.36. The number of benzene rings is 2. The predicted octanol–water partition coefficient (Wildman–Crippen LogP) is 7.03. The van der Waals surface area contributed by atoms with Crippen molar-refractivity contribution in [3.8, 4) is 11.5 Å². The molecule has 2 aromatic rings. The van der Waals surface area contributed by atoms with Crippen molar-refractivity contribution in [2.45, 2.75) is 84.8 Å². The highest BCUT2D eigenvalue weighted by Gasteiger charge is 2.42. The number of nitrogens with zero attached hydrogens (tertiary/aromatic N) is 2. The van der Waals surface area contributed by atoms with Crippen LogP contribution in [0.15, 0.2) is 48.5 Å². The summed E-state index contributed by atoms with van der Waals surface area (Å²) in [5.41, 5.74) is 1.68. The first kappa shape index (κ1) is 35.6. The standard InChI is InChI=1S/C38H56N2O6/c1-27(2)30(20-29-14-17-34(44-7)35(21-29)45-19-11-18-43-6)23-31-24-39(37(42)46-38(3,4)5)25-32(31)26-40(33-15-16-33)36(41)22-28-12-9-8-10-13-28/h8-10,12-14,17,21,27,30-33H,11,15-16,18-20,22-26H2,1-7H3/t30-,31-,32+/m0/s1. The summed E-state index contributed by atoms with van der Waals surface area (Å²) in [5, 5.41) is 0. The van der Waals surface area contributed by atoms with Gasteiger partial charge in [0, 0.05) is 45.8 Å². The zero-order valence-corrected chi connectivity index (χ0v) is 29.1. The molecule has 0 radical (unpaired) electrons. The number of carbonyl (C=O) groups is 2. The highest BCUT2D eigenvalue weighted by atomic mass is 16.6. The molecule has 0 spiro atoms. The molecule has 2 fully saturated rings. The van der Waals surface area contributed by atoms with Gasteiger partial charge in [0.2, 0.25) is 5.91 Å². The van der Waals surface area contributed by atoms with E-state index in [1.54, 1.807) is 14.2 Å². The lowest BCUT2D eigenvalue weighted by molar-refractivity contribution is -0.131. The first-order chi connectivity index (χ1) is 22.0. The van der Waals surface area contributed by atoms with Gasteiger partial charge >= 0.3 is 6.09 Å². The smallest absolute Gasteiger partial charge is 0.410 e. The summed E-state index contributed by atoms with van der Waals surface area (Å²) >= 11 is 0. The first-order valence-corrected chi connectivity index (χ1v) is 17.1. The van der Waals surface area contributed by atoms with Crippen LogP contribution in [0.3, 0.4) is 0 Å². The van der Waals surface area contributed by atoms with Gasteiger partial charge in [0.1, 0.15) is 5.60 Å². The minimum atomic E-state index is -0.561. The number of likely N-dealkylation sites (tertiary alicyclic amines) is 1. The van der Waals surface area contributed by atoms with Crippen molar-refractivity contribution in [3.05, 3.63) is 59.7 Å². The van der Waals surface area contributed by atoms with Crippen molar-refractivity contribution in [1.29, 1.82) is 0 Å². The fourth-order valence-electron chi connectivity index (χ4n) is 6.48. The van der Waals surface area contributed by atoms with Gasteiger partial charge in [-0.2, -0.15) is 0 Å². The number of hydrogen-bond acceptors (Lipinski definition) is 6. The lowest BCUT2D eigenvalue weighted by Gasteiger charge is -2.31. The molecule has 1 saturated carbocycles. The average Bonchev–Trinajstić information content (AvgIpc) is 3.77. The highest BCUT2D eigenvalue weighted by molar-refractivity contribution is 5.79. The third-order valence-corrected chi connectivity index (χ3v) is 9.19. The number of carbonyl (C=O) groups excluding carboxylic acids is 2. The van der Waals surface area contributed by atoms with Crippen molar-refractivity contribution in [2.75, 3.05) is 47.1 Å². The number of amides is 2. The van der Waals surface area contributed by atoms with Gasteiger partial charge in [-0.1, -0.05) is 50.2 Å². The maximum absolute atomic E-state index is 13.7. The molecule has 0 aromatic heterocycles. The summed E-state index contributed by atoms with van der Waals surface area (Å²) in [4.78, 5) is 30.9. The molecule has 1 aliphatic heterocycles. The lowest BCUT2D eigenvalue weighted by Crippen LogP contribution is -2.41. The van der Waals surface area contributed by atoms with E-state index in [0.717, 1.165) is 49.2 Å². The molecule has 0 unspecified atom stereocenters. The topological polar surface area (TPSA) is 77.5 Å². The Morgan fingerprint density at radius 2 is 1.65 bits per heavy atom. The van der Waals surface area contributed by atoms with Crippen LogP contribution < -0.4 is 9.47 Å². The van der Waals surface area contributed by atoms with E-state index in [1.807, 2.05) is 62.1 Å². The molecule has 2 aliphatic rings. The molecule has 2 amide bonds. The van der Waals surface area contributed by atoms with Crippen LogP contribution >= 0.6 is 0 Å². The first-order valence-electron chi connectivity index (χ1n) is 17.1. The van der Waals surface area contributed by atoms with Crippen LogP contribution in [0.5, 0.6) is 11.5 Å².